The van der Waals surface area contributed by atoms with E-state index in [1.165, 1.54) is 11.3 Å². The van der Waals surface area contributed by atoms with Crippen molar-refractivity contribution in [3.8, 4) is 0 Å². The Hall–Kier alpha value is -2.09. The summed E-state index contributed by atoms with van der Waals surface area (Å²) >= 11 is 14.0. The molecule has 0 saturated carbocycles. The van der Waals surface area contributed by atoms with E-state index in [1.807, 2.05) is 47.8 Å². The molecule has 3 aliphatic heterocycles. The van der Waals surface area contributed by atoms with E-state index >= 15 is 0 Å². The van der Waals surface area contributed by atoms with E-state index in [0.29, 0.717) is 28.1 Å². The number of fused-ring (bicyclic) bond motifs is 3. The van der Waals surface area contributed by atoms with Gasteiger partial charge in [-0.05, 0) is 41.1 Å². The molecule has 6 rings (SSSR count). The van der Waals surface area contributed by atoms with Crippen LogP contribution in [0.5, 0.6) is 0 Å². The van der Waals surface area contributed by atoms with Crippen LogP contribution in [-0.2, 0) is 4.74 Å². The molecule has 1 aromatic heterocycles. The van der Waals surface area contributed by atoms with Crippen molar-refractivity contribution in [3.05, 3.63) is 92.1 Å². The molecule has 3 aliphatic rings. The van der Waals surface area contributed by atoms with Gasteiger partial charge in [-0.3, -0.25) is 4.79 Å². The van der Waals surface area contributed by atoms with Gasteiger partial charge < -0.3 is 26.9 Å². The smallest absolute Gasteiger partial charge is 0.408 e. The average molecular weight is 566 g/mol. The van der Waals surface area contributed by atoms with E-state index in [2.05, 4.69) is 5.32 Å². The van der Waals surface area contributed by atoms with Crippen LogP contribution in [0.1, 0.15) is 39.7 Å². The molecule has 2 bridgehead atoms. The van der Waals surface area contributed by atoms with Gasteiger partial charge in [0.25, 0.3) is 0 Å². The van der Waals surface area contributed by atoms with Crippen LogP contribution in [0.3, 0.4) is 0 Å². The fourth-order valence-electron chi connectivity index (χ4n) is 5.42. The van der Waals surface area contributed by atoms with Crippen molar-refractivity contribution in [1.82, 2.24) is 5.32 Å². The second kappa shape index (κ2) is 11.5. The SMILES string of the molecule is O=C(N[C@H]1C[N+]2(CC(=O)c3cccs3)CCC1CC2)OC(c1ccc(Cl)cc1)c1ccccc1Cl.[Cl-]. The van der Waals surface area contributed by atoms with Gasteiger partial charge in [0.15, 0.2) is 6.10 Å². The summed E-state index contributed by atoms with van der Waals surface area (Å²) in [5.41, 5.74) is 1.50. The van der Waals surface area contributed by atoms with Gasteiger partial charge in [-0.1, -0.05) is 59.6 Å². The third kappa shape index (κ3) is 5.90. The predicted molar refractivity (Wildman–Crippen MR) is 139 cm³/mol. The number of hydrogen-bond donors (Lipinski definition) is 1. The molecule has 4 heterocycles. The lowest BCUT2D eigenvalue weighted by Crippen LogP contribution is -3.00. The van der Waals surface area contributed by atoms with E-state index in [4.69, 9.17) is 27.9 Å². The fraction of sp³-hybridized carbons (Fsp3) is 0.333. The largest absolute Gasteiger partial charge is 1.00 e. The zero-order valence-electron chi connectivity index (χ0n) is 19.5. The Morgan fingerprint density at radius 1 is 1.03 bits per heavy atom. The standard InChI is InChI=1S/C27H26Cl2N2O3S.ClH/c28-20-9-7-19(8-10-20)26(21-4-1-2-5-22(21)29)34-27(33)30-23-16-31(13-11-18(23)12-14-31)17-24(32)25-6-3-15-35-25;/h1-10,15,18,23,26H,11-14,16-17H2;1H/t18?,23-,26?,31?;/m0./s1. The number of thiophene rings is 1. The Balaban J connectivity index is 0.00000304. The fourth-order valence-corrected chi connectivity index (χ4v) is 6.44. The molecule has 9 heteroatoms. The molecule has 36 heavy (non-hydrogen) atoms. The molecule has 5 nitrogen and oxygen atoms in total. The first kappa shape index (κ1) is 27.0. The lowest BCUT2D eigenvalue weighted by molar-refractivity contribution is -0.936. The number of halogens is 3. The maximum Gasteiger partial charge on any atom is 0.408 e. The van der Waals surface area contributed by atoms with Crippen LogP contribution in [0.2, 0.25) is 10.0 Å². The Bertz CT molecular complexity index is 1200. The summed E-state index contributed by atoms with van der Waals surface area (Å²) in [7, 11) is 0. The number of alkyl carbamates (subject to hydrolysis) is 1. The molecule has 1 unspecified atom stereocenters. The van der Waals surface area contributed by atoms with Gasteiger partial charge in [0, 0.05) is 28.5 Å². The minimum Gasteiger partial charge on any atom is -1.00 e. The molecular formula is C27H27Cl3N2O3S. The number of ketones is 1. The van der Waals surface area contributed by atoms with Crippen molar-refractivity contribution in [2.24, 2.45) is 5.92 Å². The summed E-state index contributed by atoms with van der Waals surface area (Å²) < 4.78 is 6.70. The van der Waals surface area contributed by atoms with Crippen molar-refractivity contribution in [1.29, 1.82) is 0 Å². The summed E-state index contributed by atoms with van der Waals surface area (Å²) in [5.74, 6) is 0.580. The maximum atomic E-state index is 13.2. The summed E-state index contributed by atoms with van der Waals surface area (Å²) in [4.78, 5) is 26.8. The van der Waals surface area contributed by atoms with Gasteiger partial charge in [-0.2, -0.15) is 0 Å². The Morgan fingerprint density at radius 3 is 2.42 bits per heavy atom. The third-order valence-corrected chi connectivity index (χ3v) is 8.77. The van der Waals surface area contributed by atoms with E-state index in [1.54, 1.807) is 18.2 Å². The van der Waals surface area contributed by atoms with Crippen molar-refractivity contribution < 1.29 is 31.2 Å². The number of rotatable bonds is 7. The zero-order valence-corrected chi connectivity index (χ0v) is 22.6. The van der Waals surface area contributed by atoms with Gasteiger partial charge in [-0.15, -0.1) is 11.3 Å². The molecular weight excluding hydrogens is 539 g/mol. The van der Waals surface area contributed by atoms with Crippen LogP contribution in [-0.4, -0.2) is 48.6 Å². The average Bonchev–Trinajstić information content (AvgIpc) is 3.40. The topological polar surface area (TPSA) is 55.4 Å². The number of ether oxygens (including phenoxy) is 1. The second-order valence-electron chi connectivity index (χ2n) is 9.48. The van der Waals surface area contributed by atoms with Gasteiger partial charge in [0.05, 0.1) is 30.6 Å². The summed E-state index contributed by atoms with van der Waals surface area (Å²) in [6.07, 6.45) is 0.846. The highest BCUT2D eigenvalue weighted by Gasteiger charge is 2.47. The third-order valence-electron chi connectivity index (χ3n) is 7.27. The molecule has 190 valence electrons. The normalized spacial score (nSPS) is 23.4. The maximum absolute atomic E-state index is 13.2. The van der Waals surface area contributed by atoms with Crippen molar-refractivity contribution >= 4 is 46.4 Å². The number of carbonyl (C=O) groups excluding carboxylic acids is 2. The number of carbonyl (C=O) groups is 2. The number of hydrogen-bond acceptors (Lipinski definition) is 4. The Kier molecular flexibility index (Phi) is 8.63. The van der Waals surface area contributed by atoms with Gasteiger partial charge in [0.1, 0.15) is 6.54 Å². The minimum atomic E-state index is -0.661. The summed E-state index contributed by atoms with van der Waals surface area (Å²) in [5, 5.41) is 6.20. The number of quaternary nitrogens is 1. The number of nitrogens with zero attached hydrogens (tertiary/aromatic N) is 1. The molecule has 3 saturated heterocycles. The molecule has 2 atom stereocenters. The van der Waals surface area contributed by atoms with Crippen LogP contribution in [0.15, 0.2) is 66.0 Å². The van der Waals surface area contributed by atoms with Gasteiger partial charge in [-0.25, -0.2) is 4.79 Å². The summed E-state index contributed by atoms with van der Waals surface area (Å²) in [6.45, 7) is 3.17. The van der Waals surface area contributed by atoms with Gasteiger partial charge in [0.2, 0.25) is 5.78 Å². The van der Waals surface area contributed by atoms with Crippen molar-refractivity contribution in [2.75, 3.05) is 26.2 Å². The van der Waals surface area contributed by atoms with E-state index < -0.39 is 12.2 Å². The van der Waals surface area contributed by atoms with Crippen LogP contribution in [0, 0.1) is 5.92 Å². The molecule has 0 radical (unpaired) electrons. The van der Waals surface area contributed by atoms with E-state index in [9.17, 15) is 9.59 Å². The Morgan fingerprint density at radius 2 is 1.75 bits per heavy atom. The second-order valence-corrected chi connectivity index (χ2v) is 11.3. The first-order valence-electron chi connectivity index (χ1n) is 11.8. The molecule has 2 aromatic carbocycles. The lowest BCUT2D eigenvalue weighted by Gasteiger charge is -2.52. The van der Waals surface area contributed by atoms with Crippen LogP contribution >= 0.6 is 34.5 Å². The molecule has 1 N–H and O–H groups in total. The number of amides is 1. The monoisotopic (exact) mass is 564 g/mol. The highest BCUT2D eigenvalue weighted by atomic mass is 35.5. The quantitative estimate of drug-likeness (QED) is 0.353. The van der Waals surface area contributed by atoms with Crippen LogP contribution in [0.25, 0.3) is 0 Å². The molecule has 3 fully saturated rings. The number of benzene rings is 2. The predicted octanol–water partition coefficient (Wildman–Crippen LogP) is 3.37. The zero-order chi connectivity index (χ0) is 24.4. The minimum absolute atomic E-state index is 0. The lowest BCUT2D eigenvalue weighted by atomic mass is 9.81. The van der Waals surface area contributed by atoms with Crippen molar-refractivity contribution in [2.45, 2.75) is 25.0 Å². The molecule has 0 spiro atoms. The number of nitrogens with one attached hydrogen (secondary N) is 1. The van der Waals surface area contributed by atoms with E-state index in [-0.39, 0.29) is 24.2 Å². The highest BCUT2D eigenvalue weighted by molar-refractivity contribution is 7.12. The molecule has 1 amide bonds. The first-order chi connectivity index (χ1) is 16.9. The Labute approximate surface area is 231 Å². The molecule has 0 aliphatic carbocycles. The summed E-state index contributed by atoms with van der Waals surface area (Å²) in [6, 6.07) is 18.4. The van der Waals surface area contributed by atoms with Crippen LogP contribution < -0.4 is 17.7 Å². The van der Waals surface area contributed by atoms with Crippen molar-refractivity contribution in [3.63, 3.8) is 0 Å². The highest BCUT2D eigenvalue weighted by Crippen LogP contribution is 2.36. The first-order valence-corrected chi connectivity index (χ1v) is 13.4. The van der Waals surface area contributed by atoms with Crippen LogP contribution in [0.4, 0.5) is 4.79 Å². The number of piperidine rings is 3. The van der Waals surface area contributed by atoms with E-state index in [0.717, 1.165) is 47.4 Å². The molecule has 3 aromatic rings. The number of Topliss-reactive ketones (excluding diaryl/α,β-unsaturated/α-hetero) is 1. The van der Waals surface area contributed by atoms with Gasteiger partial charge >= 0.3 is 6.09 Å².